The van der Waals surface area contributed by atoms with Gasteiger partial charge in [-0.25, -0.2) is 0 Å². The van der Waals surface area contributed by atoms with Gasteiger partial charge in [0.15, 0.2) is 0 Å². The Bertz CT molecular complexity index is 1420. The predicted molar refractivity (Wildman–Crippen MR) is 158 cm³/mol. The molecule has 4 aliphatic rings. The van der Waals surface area contributed by atoms with Gasteiger partial charge in [-0.2, -0.15) is 0 Å². The monoisotopic (exact) mass is 575 g/mol. The number of aryl methyl sites for hydroxylation is 2. The Balaban J connectivity index is 1.34. The van der Waals surface area contributed by atoms with Crippen LogP contribution in [-0.4, -0.2) is 46.4 Å². The molecule has 7 nitrogen and oxygen atoms in total. The van der Waals surface area contributed by atoms with E-state index in [-0.39, 0.29) is 30.3 Å². The van der Waals surface area contributed by atoms with E-state index >= 15 is 0 Å². The Morgan fingerprint density at radius 1 is 1.07 bits per heavy atom. The maximum atomic E-state index is 14.3. The molecule has 1 aliphatic carbocycles. The summed E-state index contributed by atoms with van der Waals surface area (Å²) in [5, 5.41) is 6.83. The molecule has 8 heteroatoms. The lowest BCUT2D eigenvalue weighted by atomic mass is 9.73. The maximum Gasteiger partial charge on any atom is 0.246 e. The number of amides is 3. The third-order valence-electron chi connectivity index (χ3n) is 10.0. The molecule has 0 radical (unpaired) electrons. The van der Waals surface area contributed by atoms with Crippen LogP contribution in [0.3, 0.4) is 0 Å². The lowest BCUT2D eigenvalue weighted by Crippen LogP contribution is -2.57. The number of rotatable bonds is 6. The first-order valence-electron chi connectivity index (χ1n) is 14.7. The van der Waals surface area contributed by atoms with Crippen molar-refractivity contribution in [3.63, 3.8) is 0 Å². The van der Waals surface area contributed by atoms with Crippen LogP contribution in [0.1, 0.15) is 49.8 Å². The molecular formula is C33H38ClN3O4. The van der Waals surface area contributed by atoms with Gasteiger partial charge in [-0.1, -0.05) is 74.7 Å². The van der Waals surface area contributed by atoms with E-state index in [0.29, 0.717) is 22.5 Å². The molecular weight excluding hydrogens is 538 g/mol. The number of hydrogen-bond acceptors (Lipinski definition) is 4. The molecule has 2 aromatic rings. The van der Waals surface area contributed by atoms with Crippen LogP contribution < -0.4 is 10.6 Å². The molecule has 8 atom stereocenters. The van der Waals surface area contributed by atoms with Gasteiger partial charge in [0, 0.05) is 23.3 Å². The van der Waals surface area contributed by atoms with Crippen molar-refractivity contribution in [1.29, 1.82) is 0 Å². The summed E-state index contributed by atoms with van der Waals surface area (Å²) in [7, 11) is 0. The van der Waals surface area contributed by atoms with Crippen LogP contribution >= 0.6 is 11.6 Å². The van der Waals surface area contributed by atoms with Crippen LogP contribution in [0.5, 0.6) is 0 Å². The highest BCUT2D eigenvalue weighted by molar-refractivity contribution is 6.31. The quantitative estimate of drug-likeness (QED) is 0.464. The van der Waals surface area contributed by atoms with Gasteiger partial charge in [0.2, 0.25) is 17.7 Å². The summed E-state index contributed by atoms with van der Waals surface area (Å²) in [4.78, 5) is 43.8. The average Bonchev–Trinajstić information content (AvgIpc) is 3.58. The van der Waals surface area contributed by atoms with E-state index in [0.717, 1.165) is 36.0 Å². The molecule has 3 amide bonds. The second-order valence-corrected chi connectivity index (χ2v) is 12.8. The molecule has 3 heterocycles. The van der Waals surface area contributed by atoms with E-state index in [9.17, 15) is 14.4 Å². The van der Waals surface area contributed by atoms with E-state index in [2.05, 4.69) is 24.5 Å². The van der Waals surface area contributed by atoms with Crippen molar-refractivity contribution in [3.8, 4) is 0 Å². The van der Waals surface area contributed by atoms with Gasteiger partial charge in [0.05, 0.1) is 17.9 Å². The van der Waals surface area contributed by atoms with Crippen molar-refractivity contribution in [2.24, 2.45) is 23.7 Å². The molecule has 2 bridgehead atoms. The Hall–Kier alpha value is -3.16. The zero-order valence-corrected chi connectivity index (χ0v) is 24.8. The molecule has 41 heavy (non-hydrogen) atoms. The molecule has 6 rings (SSSR count). The van der Waals surface area contributed by atoms with Crippen LogP contribution in [0.4, 0.5) is 5.69 Å². The topological polar surface area (TPSA) is 87.7 Å². The van der Waals surface area contributed by atoms with Gasteiger partial charge in [-0.3, -0.25) is 14.4 Å². The van der Waals surface area contributed by atoms with Gasteiger partial charge in [-0.15, -0.1) is 0 Å². The SMILES string of the molecule is Cc1ccc(NC(=O)C2C3C=CC4(O3)C2C(=O)N(Cc2ccccc2Cl)C4C(=O)NC2CCCC(C)C2C)cc1C. The molecule has 2 aromatic carbocycles. The molecule has 2 saturated heterocycles. The largest absolute Gasteiger partial charge is 0.359 e. The van der Waals surface area contributed by atoms with Crippen molar-refractivity contribution < 1.29 is 19.1 Å². The minimum atomic E-state index is -1.22. The molecule has 3 aliphatic heterocycles. The number of nitrogens with zero attached hydrogens (tertiary/aromatic N) is 1. The highest BCUT2D eigenvalue weighted by atomic mass is 35.5. The van der Waals surface area contributed by atoms with Crippen molar-refractivity contribution >= 4 is 35.0 Å². The highest BCUT2D eigenvalue weighted by Gasteiger charge is 2.72. The number of fused-ring (bicyclic) bond motifs is 1. The third kappa shape index (κ3) is 4.67. The van der Waals surface area contributed by atoms with Gasteiger partial charge in [-0.05, 0) is 67.0 Å². The minimum absolute atomic E-state index is 0.0189. The van der Waals surface area contributed by atoms with Crippen molar-refractivity contribution in [2.75, 3.05) is 5.32 Å². The molecule has 1 spiro atoms. The summed E-state index contributed by atoms with van der Waals surface area (Å²) in [6.45, 7) is 8.57. The number of carbonyl (C=O) groups is 3. The standard InChI is InChI=1S/C33H38ClN3O4/c1-18-12-13-23(16-20(18)3)35-30(38)27-26-14-15-33(41-26)28(27)32(40)37(17-22-9-5-6-10-24(22)34)29(33)31(39)36-25-11-7-8-19(2)21(25)4/h5-6,9-10,12-16,19,21,25-29H,7-8,11,17H2,1-4H3,(H,35,38)(H,36,39). The zero-order valence-electron chi connectivity index (χ0n) is 24.0. The van der Waals surface area contributed by atoms with Crippen LogP contribution in [0.15, 0.2) is 54.6 Å². The minimum Gasteiger partial charge on any atom is -0.359 e. The predicted octanol–water partition coefficient (Wildman–Crippen LogP) is 5.19. The Morgan fingerprint density at radius 3 is 2.61 bits per heavy atom. The first-order valence-corrected chi connectivity index (χ1v) is 15.1. The number of benzene rings is 2. The average molecular weight is 576 g/mol. The lowest BCUT2D eigenvalue weighted by molar-refractivity contribution is -0.142. The Kier molecular flexibility index (Phi) is 7.23. The third-order valence-corrected chi connectivity index (χ3v) is 10.4. The smallest absolute Gasteiger partial charge is 0.246 e. The number of nitrogens with one attached hydrogen (secondary N) is 2. The van der Waals surface area contributed by atoms with E-state index in [1.165, 1.54) is 0 Å². The first kappa shape index (κ1) is 28.0. The van der Waals surface area contributed by atoms with E-state index in [1.54, 1.807) is 11.0 Å². The summed E-state index contributed by atoms with van der Waals surface area (Å²) in [5.74, 6) is -1.53. The second-order valence-electron chi connectivity index (χ2n) is 12.4. The first-order chi connectivity index (χ1) is 19.6. The summed E-state index contributed by atoms with van der Waals surface area (Å²) in [6.07, 6.45) is 6.21. The number of hydrogen-bond donors (Lipinski definition) is 2. The molecule has 216 valence electrons. The summed E-state index contributed by atoms with van der Waals surface area (Å²) < 4.78 is 6.51. The van der Waals surface area contributed by atoms with Crippen LogP contribution in [0.25, 0.3) is 0 Å². The summed E-state index contributed by atoms with van der Waals surface area (Å²) in [6, 6.07) is 12.2. The maximum absolute atomic E-state index is 14.3. The normalized spacial score (nSPS) is 33.6. The number of ether oxygens (including phenoxy) is 1. The van der Waals surface area contributed by atoms with Crippen LogP contribution in [-0.2, 0) is 25.7 Å². The number of anilines is 1. The highest BCUT2D eigenvalue weighted by Crippen LogP contribution is 2.55. The number of halogens is 1. The zero-order chi connectivity index (χ0) is 29.1. The molecule has 1 saturated carbocycles. The molecule has 0 aromatic heterocycles. The Labute approximate surface area is 246 Å². The van der Waals surface area contributed by atoms with Crippen molar-refractivity contribution in [1.82, 2.24) is 10.2 Å². The summed E-state index contributed by atoms with van der Waals surface area (Å²) >= 11 is 6.51. The number of likely N-dealkylation sites (tertiary alicyclic amines) is 1. The number of carbonyl (C=O) groups excluding carboxylic acids is 3. The van der Waals surface area contributed by atoms with E-state index < -0.39 is 29.6 Å². The lowest BCUT2D eigenvalue weighted by Gasteiger charge is -2.38. The molecule has 2 N–H and O–H groups in total. The van der Waals surface area contributed by atoms with E-state index in [1.807, 2.05) is 62.4 Å². The van der Waals surface area contributed by atoms with E-state index in [4.69, 9.17) is 16.3 Å². The fraction of sp³-hybridized carbons (Fsp3) is 0.485. The molecule has 3 fully saturated rings. The fourth-order valence-corrected chi connectivity index (χ4v) is 7.54. The van der Waals surface area contributed by atoms with Gasteiger partial charge >= 0.3 is 0 Å². The van der Waals surface area contributed by atoms with Gasteiger partial charge in [0.1, 0.15) is 11.6 Å². The fourth-order valence-electron chi connectivity index (χ4n) is 7.34. The summed E-state index contributed by atoms with van der Waals surface area (Å²) in [5.41, 5.74) is 2.39. The Morgan fingerprint density at radius 2 is 1.85 bits per heavy atom. The second kappa shape index (κ2) is 10.6. The van der Waals surface area contributed by atoms with Crippen molar-refractivity contribution in [2.45, 2.75) is 77.3 Å². The molecule has 8 unspecified atom stereocenters. The van der Waals surface area contributed by atoms with Crippen LogP contribution in [0.2, 0.25) is 5.02 Å². The van der Waals surface area contributed by atoms with Crippen LogP contribution in [0, 0.1) is 37.5 Å². The van der Waals surface area contributed by atoms with Gasteiger partial charge in [0.25, 0.3) is 0 Å². The van der Waals surface area contributed by atoms with Crippen molar-refractivity contribution in [3.05, 3.63) is 76.3 Å². The van der Waals surface area contributed by atoms with Gasteiger partial charge < -0.3 is 20.3 Å².